The van der Waals surface area contributed by atoms with Crippen LogP contribution in [0.15, 0.2) is 85.2 Å². The summed E-state index contributed by atoms with van der Waals surface area (Å²) >= 11 is 0. The van der Waals surface area contributed by atoms with Crippen molar-refractivity contribution in [3.63, 3.8) is 0 Å². The molecule has 2 aromatic heterocycles. The molecule has 1 atom stereocenters. The minimum Gasteiger partial charge on any atom is -0.486 e. The fraction of sp³-hybridized carbons (Fsp3) is 0.206. The van der Waals surface area contributed by atoms with Crippen LogP contribution in [0.5, 0.6) is 11.5 Å². The minimum absolute atomic E-state index is 0.247. The molecule has 5 aromatic rings. The van der Waals surface area contributed by atoms with Gasteiger partial charge in [-0.2, -0.15) is 0 Å². The van der Waals surface area contributed by atoms with Gasteiger partial charge in [-0.25, -0.2) is 9.78 Å². The number of amides is 1. The van der Waals surface area contributed by atoms with Crippen molar-refractivity contribution in [2.24, 2.45) is 0 Å². The van der Waals surface area contributed by atoms with Crippen molar-refractivity contribution in [2.75, 3.05) is 19.8 Å². The summed E-state index contributed by atoms with van der Waals surface area (Å²) < 4.78 is 13.5. The molecule has 210 valence electrons. The highest BCUT2D eigenvalue weighted by Gasteiger charge is 2.34. The summed E-state index contributed by atoms with van der Waals surface area (Å²) in [5.41, 5.74) is 8.68. The number of ether oxygens (including phenoxy) is 2. The van der Waals surface area contributed by atoms with Crippen LogP contribution < -0.4 is 9.47 Å². The van der Waals surface area contributed by atoms with Gasteiger partial charge in [0.15, 0.2) is 11.5 Å². The van der Waals surface area contributed by atoms with E-state index in [1.807, 2.05) is 41.1 Å². The molecule has 8 nitrogen and oxygen atoms in total. The van der Waals surface area contributed by atoms with E-state index in [2.05, 4.69) is 48.3 Å². The average Bonchev–Trinajstić information content (AvgIpc) is 3.68. The van der Waals surface area contributed by atoms with E-state index in [9.17, 15) is 14.7 Å². The van der Waals surface area contributed by atoms with Crippen molar-refractivity contribution in [2.45, 2.75) is 25.8 Å². The zero-order valence-electron chi connectivity index (χ0n) is 23.1. The molecule has 1 fully saturated rings. The minimum atomic E-state index is -0.951. The second-order valence-corrected chi connectivity index (χ2v) is 10.7. The molecule has 1 amide bonds. The van der Waals surface area contributed by atoms with Crippen LogP contribution in [0.1, 0.15) is 28.8 Å². The van der Waals surface area contributed by atoms with Gasteiger partial charge in [0.2, 0.25) is 0 Å². The molecule has 8 heteroatoms. The summed E-state index contributed by atoms with van der Waals surface area (Å²) in [7, 11) is 0. The number of aliphatic carboxylic acids is 1. The number of hydrogen-bond donors (Lipinski definition) is 1. The maximum atomic E-state index is 13.0. The number of fused-ring (bicyclic) bond motifs is 2. The van der Waals surface area contributed by atoms with Gasteiger partial charge in [0.25, 0.3) is 5.91 Å². The quantitative estimate of drug-likeness (QED) is 0.280. The Morgan fingerprint density at radius 2 is 1.60 bits per heavy atom. The molecule has 42 heavy (non-hydrogen) atoms. The van der Waals surface area contributed by atoms with E-state index in [0.717, 1.165) is 56.2 Å². The highest BCUT2D eigenvalue weighted by molar-refractivity contribution is 5.97. The molecule has 0 radical (unpaired) electrons. The Bertz CT molecular complexity index is 1840. The van der Waals surface area contributed by atoms with Gasteiger partial charge in [-0.05, 0) is 84.0 Å². The third-order valence-electron chi connectivity index (χ3n) is 8.24. The first kappa shape index (κ1) is 25.8. The molecule has 0 aliphatic carbocycles. The third-order valence-corrected chi connectivity index (χ3v) is 8.24. The van der Waals surface area contributed by atoms with Gasteiger partial charge in [0, 0.05) is 23.9 Å². The van der Waals surface area contributed by atoms with Crippen molar-refractivity contribution < 1.29 is 24.2 Å². The summed E-state index contributed by atoms with van der Waals surface area (Å²) in [6.07, 6.45) is 5.04. The van der Waals surface area contributed by atoms with Crippen molar-refractivity contribution >= 4 is 17.5 Å². The maximum absolute atomic E-state index is 13.0. The molecule has 3 aromatic carbocycles. The van der Waals surface area contributed by atoms with Gasteiger partial charge in [0.05, 0.1) is 11.9 Å². The van der Waals surface area contributed by atoms with E-state index in [-0.39, 0.29) is 5.91 Å². The van der Waals surface area contributed by atoms with Crippen LogP contribution >= 0.6 is 0 Å². The molecular formula is C34H29N3O5. The smallest absolute Gasteiger partial charge is 0.326 e. The Hall–Kier alpha value is -5.11. The lowest BCUT2D eigenvalue weighted by Gasteiger charge is -2.21. The molecule has 1 saturated heterocycles. The fourth-order valence-corrected chi connectivity index (χ4v) is 6.05. The maximum Gasteiger partial charge on any atom is 0.326 e. The number of carbonyl (C=O) groups is 2. The summed E-state index contributed by atoms with van der Waals surface area (Å²) in [4.78, 5) is 30.7. The lowest BCUT2D eigenvalue weighted by Crippen LogP contribution is -2.40. The standard InChI is InChI=1S/C34H29N3O5/c1-21-26(24-11-12-30-31(18-24)42-17-16-41-30)4-2-5-27(21)25-13-15-36-29(20-35-32(36)19-25)22-7-9-23(10-8-22)33(38)37-14-3-6-28(37)34(39)40/h2,4-5,7-13,15,18-20,28H,3,6,14,16-17H2,1H3,(H,39,40)/t28-/m1/s1. The van der Waals surface area contributed by atoms with Crippen LogP contribution in [0, 0.1) is 6.92 Å². The third kappa shape index (κ3) is 4.45. The zero-order valence-corrected chi connectivity index (χ0v) is 23.1. The Morgan fingerprint density at radius 3 is 2.36 bits per heavy atom. The summed E-state index contributed by atoms with van der Waals surface area (Å²) in [5.74, 6) is 0.350. The van der Waals surface area contributed by atoms with E-state index in [1.54, 1.807) is 12.1 Å². The van der Waals surface area contributed by atoms with E-state index in [4.69, 9.17) is 9.47 Å². The number of carbonyl (C=O) groups excluding carboxylic acids is 1. The van der Waals surface area contributed by atoms with Gasteiger partial charge in [-0.15, -0.1) is 0 Å². The Kier molecular flexibility index (Phi) is 6.38. The number of benzene rings is 3. The Labute approximate surface area is 242 Å². The Balaban J connectivity index is 1.16. The molecule has 2 aliphatic heterocycles. The number of likely N-dealkylation sites (tertiary alicyclic amines) is 1. The number of aromatic nitrogens is 2. The van der Waals surface area contributed by atoms with Crippen LogP contribution in [0.4, 0.5) is 0 Å². The van der Waals surface area contributed by atoms with Gasteiger partial charge in [-0.1, -0.05) is 36.4 Å². The molecule has 1 N–H and O–H groups in total. The van der Waals surface area contributed by atoms with Crippen molar-refractivity contribution in [3.05, 3.63) is 96.3 Å². The zero-order chi connectivity index (χ0) is 28.8. The van der Waals surface area contributed by atoms with E-state index >= 15 is 0 Å². The van der Waals surface area contributed by atoms with Crippen LogP contribution in [0.2, 0.25) is 0 Å². The highest BCUT2D eigenvalue weighted by atomic mass is 16.6. The topological polar surface area (TPSA) is 93.4 Å². The molecule has 0 saturated carbocycles. The van der Waals surface area contributed by atoms with Crippen LogP contribution in [-0.4, -0.2) is 57.1 Å². The molecule has 0 spiro atoms. The lowest BCUT2D eigenvalue weighted by molar-refractivity contribution is -0.141. The molecule has 0 unspecified atom stereocenters. The predicted molar refractivity (Wildman–Crippen MR) is 159 cm³/mol. The van der Waals surface area contributed by atoms with Gasteiger partial charge in [0.1, 0.15) is 24.9 Å². The fourth-order valence-electron chi connectivity index (χ4n) is 6.05. The number of imidazole rings is 1. The number of nitrogens with zero attached hydrogens (tertiary/aromatic N) is 3. The Morgan fingerprint density at radius 1 is 0.881 bits per heavy atom. The van der Waals surface area contributed by atoms with Crippen LogP contribution in [0.25, 0.3) is 39.2 Å². The van der Waals surface area contributed by atoms with Gasteiger partial charge < -0.3 is 19.5 Å². The number of rotatable bonds is 5. The number of carboxylic acids is 1. The number of carboxylic acid groups (broad SMARTS) is 1. The largest absolute Gasteiger partial charge is 0.486 e. The second kappa shape index (κ2) is 10.4. The van der Waals surface area contributed by atoms with Gasteiger partial charge in [-0.3, -0.25) is 9.20 Å². The average molecular weight is 560 g/mol. The first-order valence-corrected chi connectivity index (χ1v) is 14.1. The van der Waals surface area contributed by atoms with Crippen LogP contribution in [-0.2, 0) is 4.79 Å². The van der Waals surface area contributed by atoms with E-state index in [0.29, 0.717) is 38.2 Å². The molecule has 0 bridgehead atoms. The van der Waals surface area contributed by atoms with E-state index < -0.39 is 12.0 Å². The molecule has 2 aliphatic rings. The summed E-state index contributed by atoms with van der Waals surface area (Å²) in [6, 6.07) is 23.1. The van der Waals surface area contributed by atoms with E-state index in [1.165, 1.54) is 4.90 Å². The summed E-state index contributed by atoms with van der Waals surface area (Å²) in [5, 5.41) is 9.45. The molecule has 4 heterocycles. The molecular weight excluding hydrogens is 530 g/mol. The first-order valence-electron chi connectivity index (χ1n) is 14.1. The normalized spacial score (nSPS) is 16.1. The number of hydrogen-bond acceptors (Lipinski definition) is 5. The summed E-state index contributed by atoms with van der Waals surface area (Å²) in [6.45, 7) is 3.71. The molecule has 7 rings (SSSR count). The SMILES string of the molecule is Cc1c(-c2ccc3c(c2)OCCO3)cccc1-c1ccn2c(-c3ccc(C(=O)N4CCC[C@@H]4C(=O)O)cc3)cnc2c1. The van der Waals surface area contributed by atoms with Gasteiger partial charge >= 0.3 is 5.97 Å². The van der Waals surface area contributed by atoms with Crippen molar-refractivity contribution in [3.8, 4) is 45.0 Å². The lowest BCUT2D eigenvalue weighted by atomic mass is 9.93. The number of pyridine rings is 1. The van der Waals surface area contributed by atoms with Crippen molar-refractivity contribution in [1.29, 1.82) is 0 Å². The van der Waals surface area contributed by atoms with Crippen molar-refractivity contribution in [1.82, 2.24) is 14.3 Å². The second-order valence-electron chi connectivity index (χ2n) is 10.7. The highest BCUT2D eigenvalue weighted by Crippen LogP contribution is 2.38. The first-order chi connectivity index (χ1) is 20.5. The monoisotopic (exact) mass is 559 g/mol. The predicted octanol–water partition coefficient (Wildman–Crippen LogP) is 6.10. The van der Waals surface area contributed by atoms with Crippen LogP contribution in [0.3, 0.4) is 0 Å².